The van der Waals surface area contributed by atoms with E-state index in [4.69, 9.17) is 30.9 Å². The van der Waals surface area contributed by atoms with Crippen molar-refractivity contribution in [3.05, 3.63) is 10.4 Å². The number of terminal acetylenes is 1. The van der Waals surface area contributed by atoms with E-state index in [9.17, 15) is 24.1 Å². The molecule has 16 nitrogen and oxygen atoms in total. The van der Waals surface area contributed by atoms with Crippen molar-refractivity contribution in [1.29, 1.82) is 0 Å². The topological polar surface area (TPSA) is 220 Å². The van der Waals surface area contributed by atoms with Gasteiger partial charge in [-0.25, -0.2) is 14.6 Å². The van der Waals surface area contributed by atoms with Gasteiger partial charge in [0.15, 0.2) is 6.10 Å². The van der Waals surface area contributed by atoms with Gasteiger partial charge in [-0.2, -0.15) is 4.58 Å². The number of methoxy groups -OCH3 is 2. The maximum absolute atomic E-state index is 16.2. The van der Waals surface area contributed by atoms with Gasteiger partial charge in [0.1, 0.15) is 18.2 Å². The minimum atomic E-state index is -4.41. The lowest BCUT2D eigenvalue weighted by Crippen LogP contribution is -2.46. The average molecular weight is 643 g/mol. The van der Waals surface area contributed by atoms with E-state index < -0.39 is 67.6 Å². The van der Waals surface area contributed by atoms with Crippen LogP contribution in [-0.4, -0.2) is 94.6 Å². The highest BCUT2D eigenvalue weighted by atomic mass is 31.2. The van der Waals surface area contributed by atoms with Crippen molar-refractivity contribution in [1.82, 2.24) is 20.1 Å². The van der Waals surface area contributed by atoms with Gasteiger partial charge in [-0.1, -0.05) is 43.6 Å². The molecule has 1 saturated heterocycles. The second kappa shape index (κ2) is 14.0. The molecular weight excluding hydrogens is 604 g/mol. The van der Waals surface area contributed by atoms with Crippen LogP contribution in [0.4, 0.5) is 21.8 Å². The molecule has 1 fully saturated rings. The Hall–Kier alpha value is -3.68. The number of anilines is 1. The number of carbonyl (C=O) groups excluding carboxylic acids is 2. The molecule has 18 heteroatoms. The number of rotatable bonds is 13. The van der Waals surface area contributed by atoms with Crippen LogP contribution in [0, 0.1) is 24.2 Å². The minimum Gasteiger partial charge on any atom is -0.468 e. The van der Waals surface area contributed by atoms with E-state index in [-0.39, 0.29) is 42.1 Å². The van der Waals surface area contributed by atoms with Gasteiger partial charge in [0.2, 0.25) is 6.34 Å². The summed E-state index contributed by atoms with van der Waals surface area (Å²) in [5.41, 5.74) is 1.73. The molecule has 0 spiro atoms. The molecule has 44 heavy (non-hydrogen) atoms. The highest BCUT2D eigenvalue weighted by Crippen LogP contribution is 2.43. The third-order valence-corrected chi connectivity index (χ3v) is 8.46. The van der Waals surface area contributed by atoms with Gasteiger partial charge in [0.05, 0.1) is 20.8 Å². The van der Waals surface area contributed by atoms with Crippen LogP contribution in [0.5, 0.6) is 0 Å². The zero-order valence-electron chi connectivity index (χ0n) is 25.2. The summed E-state index contributed by atoms with van der Waals surface area (Å²) in [5, 5.41) is 16.2. The van der Waals surface area contributed by atoms with Crippen LogP contribution in [-0.2, 0) is 32.9 Å². The molecule has 3 rings (SSSR count). The monoisotopic (exact) mass is 642 g/mol. The van der Waals surface area contributed by atoms with Gasteiger partial charge in [-0.3, -0.25) is 23.9 Å². The summed E-state index contributed by atoms with van der Waals surface area (Å²) in [6.07, 6.45) is 3.16. The van der Waals surface area contributed by atoms with E-state index in [2.05, 4.69) is 25.1 Å². The number of aromatic amines is 1. The van der Waals surface area contributed by atoms with Gasteiger partial charge in [0, 0.05) is 0 Å². The Kier molecular flexibility index (Phi) is 11.0. The number of aliphatic imine (C=N–C) groups is 1. The number of hydrogen-bond donors (Lipinski definition) is 5. The summed E-state index contributed by atoms with van der Waals surface area (Å²) < 4.78 is 52.4. The number of nitrogens with two attached hydrogens (primary N) is 1. The van der Waals surface area contributed by atoms with E-state index in [0.717, 1.165) is 25.1 Å². The van der Waals surface area contributed by atoms with Crippen molar-refractivity contribution in [3.63, 3.8) is 0 Å². The quantitative estimate of drug-likeness (QED) is 0.0865. The van der Waals surface area contributed by atoms with Crippen LogP contribution in [0.15, 0.2) is 9.79 Å². The minimum absolute atomic E-state index is 0.0630. The Morgan fingerprint density at radius 3 is 2.25 bits per heavy atom. The van der Waals surface area contributed by atoms with Crippen LogP contribution in [0.2, 0.25) is 0 Å². The highest BCUT2D eigenvalue weighted by molar-refractivity contribution is 7.54. The molecule has 3 heterocycles. The summed E-state index contributed by atoms with van der Waals surface area (Å²) in [6, 6.07) is -2.30. The maximum atomic E-state index is 16.2. The van der Waals surface area contributed by atoms with Crippen molar-refractivity contribution >= 4 is 49.3 Å². The molecule has 1 aromatic heterocycles. The smallest absolute Gasteiger partial charge is 0.342 e. The Morgan fingerprint density at radius 2 is 1.77 bits per heavy atom. The molecule has 5 unspecified atom stereocenters. The lowest BCUT2D eigenvalue weighted by atomic mass is 9.98. The fourth-order valence-corrected chi connectivity index (χ4v) is 6.41. The first-order valence-electron chi connectivity index (χ1n) is 13.7. The number of ether oxygens (including phenoxy) is 3. The Balaban J connectivity index is 1.98. The first-order chi connectivity index (χ1) is 20.6. The number of nitrogens with one attached hydrogen (secondary N) is 3. The van der Waals surface area contributed by atoms with E-state index in [1.54, 1.807) is 0 Å². The molecule has 0 aromatic carbocycles. The average Bonchev–Trinajstić information content (AvgIpc) is 3.48. The lowest BCUT2D eigenvalue weighted by molar-refractivity contribution is -0.314. The van der Waals surface area contributed by atoms with Crippen LogP contribution < -0.4 is 21.5 Å². The molecule has 1 aromatic rings. The van der Waals surface area contributed by atoms with Crippen molar-refractivity contribution in [2.75, 3.05) is 26.6 Å². The zero-order valence-corrected chi connectivity index (χ0v) is 26.1. The number of esters is 2. The van der Waals surface area contributed by atoms with Crippen LogP contribution in [0.1, 0.15) is 40.5 Å². The number of nitrogen functional groups attached to an aromatic ring is 1. The summed E-state index contributed by atoms with van der Waals surface area (Å²) in [7, 11) is -2.10. The Morgan fingerprint density at radius 1 is 1.23 bits per heavy atom. The van der Waals surface area contributed by atoms with Gasteiger partial charge in [-0.05, 0) is 24.7 Å². The molecule has 0 amide bonds. The summed E-state index contributed by atoms with van der Waals surface area (Å²) in [4.78, 5) is 47.5. The summed E-state index contributed by atoms with van der Waals surface area (Å²) >= 11 is 0. The Labute approximate surface area is 253 Å². The summed E-state index contributed by atoms with van der Waals surface area (Å²) in [5.74, 6) is -0.945. The number of hydrogen-bond acceptors (Lipinski definition) is 12. The van der Waals surface area contributed by atoms with Crippen molar-refractivity contribution < 1.29 is 47.0 Å². The standard InChI is InChI=1S/C26H37FN7O9P/c1-8-26(27)19(35)17(43-24(26)34-12-29-18-20(34)30-25(28)31-21(18)36)11-42-44(39,32-15(9-13(2)3)22(37)40-6)33-16(10-14(4)5)23(38)41-7/h1,12-17,19,35H,9-11H2,2-7H3,(H4-,28,30,31,32,33,36,39)/p+1. The molecule has 0 aliphatic carbocycles. The van der Waals surface area contributed by atoms with Gasteiger partial charge < -0.3 is 29.6 Å². The van der Waals surface area contributed by atoms with Gasteiger partial charge in [-0.15, -0.1) is 6.42 Å². The third-order valence-electron chi connectivity index (χ3n) is 6.65. The molecular formula is C26H38FN7O9P+. The van der Waals surface area contributed by atoms with Crippen molar-refractivity contribution in [2.24, 2.45) is 16.8 Å². The molecule has 242 valence electrons. The zero-order chi connectivity index (χ0) is 33.0. The number of aliphatic hydroxyl groups is 1. The molecule has 0 saturated carbocycles. The summed E-state index contributed by atoms with van der Waals surface area (Å²) in [6.45, 7) is 6.53. The normalized spacial score (nSPS) is 25.2. The number of H-pyrrole nitrogens is 1. The van der Waals surface area contributed by atoms with Crippen molar-refractivity contribution in [3.8, 4) is 12.3 Å². The molecule has 2 aliphatic heterocycles. The number of nitrogens with zero attached hydrogens (tertiary/aromatic N) is 3. The Bertz CT molecular complexity index is 1440. The molecule has 0 bridgehead atoms. The highest BCUT2D eigenvalue weighted by Gasteiger charge is 2.59. The molecule has 2 aliphatic rings. The second-order valence-electron chi connectivity index (χ2n) is 11.0. The van der Waals surface area contributed by atoms with Gasteiger partial charge >= 0.3 is 31.0 Å². The second-order valence-corrected chi connectivity index (χ2v) is 12.9. The fraction of sp³-hybridized carbons (Fsp3) is 0.615. The predicted molar refractivity (Wildman–Crippen MR) is 156 cm³/mol. The first-order valence-corrected chi connectivity index (χ1v) is 15.3. The number of carbonyl (C=O) groups is 2. The molecule has 6 N–H and O–H groups in total. The largest absolute Gasteiger partial charge is 0.468 e. The van der Waals surface area contributed by atoms with Crippen LogP contribution in [0.25, 0.3) is 0 Å². The van der Waals surface area contributed by atoms with Crippen LogP contribution in [0.3, 0.4) is 0 Å². The van der Waals surface area contributed by atoms with E-state index >= 15 is 4.39 Å². The number of alkyl halides is 1. The number of aliphatic hydroxyl groups excluding tert-OH is 1. The number of aromatic nitrogens is 2. The van der Waals surface area contributed by atoms with E-state index in [1.807, 2.05) is 33.6 Å². The van der Waals surface area contributed by atoms with Gasteiger partial charge in [0.25, 0.3) is 23.2 Å². The lowest BCUT2D eigenvalue weighted by Gasteiger charge is -2.30. The third kappa shape index (κ3) is 7.51. The maximum Gasteiger partial charge on any atom is 0.342 e. The number of halogens is 1. The molecule has 0 radical (unpaired) electrons. The predicted octanol–water partition coefficient (Wildman–Crippen LogP) is 0.649. The van der Waals surface area contributed by atoms with E-state index in [0.29, 0.717) is 0 Å². The SMILES string of the molecule is C#CC1(F)C(=[N+]2C=Nc3c2nc(N)[nH]c3=O)OC(COP(=O)(NC(CC(C)C)C(=O)OC)NC(CC(C)C)C(=O)OC)C1O. The van der Waals surface area contributed by atoms with Crippen LogP contribution >= 0.6 is 7.67 Å². The molecule has 5 atom stereocenters. The first kappa shape index (κ1) is 34.8. The number of fused-ring (bicyclic) bond motifs is 1. The van der Waals surface area contributed by atoms with E-state index in [1.165, 1.54) is 0 Å². The van der Waals surface area contributed by atoms with Crippen molar-refractivity contribution in [2.45, 2.75) is 70.5 Å². The fourth-order valence-electron chi connectivity index (χ4n) is 4.59.